The third kappa shape index (κ3) is 1.86. The van der Waals surface area contributed by atoms with Gasteiger partial charge in [0.1, 0.15) is 17.6 Å². The fourth-order valence-corrected chi connectivity index (χ4v) is 2.27. The Morgan fingerprint density at radius 1 is 1.22 bits per heavy atom. The minimum Gasteiger partial charge on any atom is -0.387 e. The lowest BCUT2D eigenvalue weighted by Crippen LogP contribution is -2.14. The number of hydrogen-bond acceptors (Lipinski definition) is 5. The number of nitrogens with two attached hydrogens (primary N) is 1. The number of aryl methyl sites for hydroxylation is 1. The molecular formula is C11H12N6S. The zero-order valence-electron chi connectivity index (χ0n) is 9.70. The molecule has 0 aromatic carbocycles. The van der Waals surface area contributed by atoms with Crippen molar-refractivity contribution in [3.63, 3.8) is 0 Å². The Morgan fingerprint density at radius 2 is 2.06 bits per heavy atom. The Bertz CT molecular complexity index is 605. The minimum atomic E-state index is 0.191. The number of rotatable bonds is 2. The quantitative estimate of drug-likeness (QED) is 0.795. The predicted molar refractivity (Wildman–Crippen MR) is 69.5 cm³/mol. The molecule has 0 fully saturated rings. The second kappa shape index (κ2) is 4.41. The SMILES string of the molecule is NC(=S)c1ncn(-c2ncnc3c2CCCC3)n1. The molecule has 1 aliphatic carbocycles. The number of hydrogen-bond donors (Lipinski definition) is 1. The standard InChI is InChI=1S/C11H12N6S/c12-9(18)10-15-6-17(16-10)11-7-3-1-2-4-8(7)13-5-14-11/h5-6H,1-4H2,(H2,12,18). The maximum atomic E-state index is 5.50. The summed E-state index contributed by atoms with van der Waals surface area (Å²) < 4.78 is 1.63. The summed E-state index contributed by atoms with van der Waals surface area (Å²) in [7, 11) is 0. The van der Waals surface area contributed by atoms with Crippen molar-refractivity contribution in [3.05, 3.63) is 29.7 Å². The molecule has 0 amide bonds. The first-order valence-corrected chi connectivity index (χ1v) is 6.21. The van der Waals surface area contributed by atoms with Gasteiger partial charge in [-0.2, -0.15) is 0 Å². The lowest BCUT2D eigenvalue weighted by atomic mass is 9.96. The van der Waals surface area contributed by atoms with E-state index in [4.69, 9.17) is 18.0 Å². The van der Waals surface area contributed by atoms with Crippen LogP contribution < -0.4 is 5.73 Å². The fraction of sp³-hybridized carbons (Fsp3) is 0.364. The van der Waals surface area contributed by atoms with Crippen LogP contribution in [-0.4, -0.2) is 29.7 Å². The molecule has 1 aliphatic rings. The molecule has 0 saturated carbocycles. The molecule has 2 N–H and O–H groups in total. The van der Waals surface area contributed by atoms with Crippen LogP contribution in [0.1, 0.15) is 29.9 Å². The molecule has 0 radical (unpaired) electrons. The monoisotopic (exact) mass is 260 g/mol. The summed E-state index contributed by atoms with van der Waals surface area (Å²) in [6, 6.07) is 0. The van der Waals surface area contributed by atoms with Crippen LogP contribution in [0.15, 0.2) is 12.7 Å². The highest BCUT2D eigenvalue weighted by Crippen LogP contribution is 2.22. The molecule has 0 saturated heterocycles. The molecule has 18 heavy (non-hydrogen) atoms. The smallest absolute Gasteiger partial charge is 0.208 e. The van der Waals surface area contributed by atoms with Crippen molar-refractivity contribution in [3.8, 4) is 5.82 Å². The first-order valence-electron chi connectivity index (χ1n) is 5.80. The third-order valence-electron chi connectivity index (χ3n) is 3.03. The predicted octanol–water partition coefficient (Wildman–Crippen LogP) is 0.570. The lowest BCUT2D eigenvalue weighted by molar-refractivity contribution is 0.649. The van der Waals surface area contributed by atoms with Crippen LogP contribution in [0.25, 0.3) is 5.82 Å². The van der Waals surface area contributed by atoms with Gasteiger partial charge >= 0.3 is 0 Å². The average Bonchev–Trinajstić information content (AvgIpc) is 2.87. The second-order valence-corrected chi connectivity index (χ2v) is 4.65. The third-order valence-corrected chi connectivity index (χ3v) is 3.21. The van der Waals surface area contributed by atoms with Crippen molar-refractivity contribution >= 4 is 17.2 Å². The minimum absolute atomic E-state index is 0.191. The van der Waals surface area contributed by atoms with E-state index in [1.54, 1.807) is 17.3 Å². The van der Waals surface area contributed by atoms with E-state index in [1.165, 1.54) is 6.42 Å². The van der Waals surface area contributed by atoms with Gasteiger partial charge in [0.2, 0.25) is 5.82 Å². The maximum absolute atomic E-state index is 5.50. The topological polar surface area (TPSA) is 82.5 Å². The largest absolute Gasteiger partial charge is 0.387 e. The normalized spacial score (nSPS) is 14.2. The molecule has 2 aromatic rings. The van der Waals surface area contributed by atoms with E-state index in [0.717, 1.165) is 36.3 Å². The highest BCUT2D eigenvalue weighted by Gasteiger charge is 2.17. The second-order valence-electron chi connectivity index (χ2n) is 4.21. The van der Waals surface area contributed by atoms with E-state index in [0.29, 0.717) is 5.82 Å². The van der Waals surface area contributed by atoms with Crippen LogP contribution in [0.2, 0.25) is 0 Å². The number of fused-ring (bicyclic) bond motifs is 1. The highest BCUT2D eigenvalue weighted by atomic mass is 32.1. The van der Waals surface area contributed by atoms with Gasteiger partial charge in [-0.3, -0.25) is 0 Å². The zero-order valence-corrected chi connectivity index (χ0v) is 10.5. The molecular weight excluding hydrogens is 248 g/mol. The van der Waals surface area contributed by atoms with E-state index in [2.05, 4.69) is 20.1 Å². The Hall–Kier alpha value is -1.89. The molecule has 0 atom stereocenters. The molecule has 6 nitrogen and oxygen atoms in total. The van der Waals surface area contributed by atoms with Gasteiger partial charge in [-0.1, -0.05) is 12.2 Å². The Balaban J connectivity index is 2.08. The van der Waals surface area contributed by atoms with E-state index in [1.807, 2.05) is 0 Å². The maximum Gasteiger partial charge on any atom is 0.208 e. The molecule has 2 heterocycles. The van der Waals surface area contributed by atoms with Gasteiger partial charge in [0.15, 0.2) is 5.82 Å². The van der Waals surface area contributed by atoms with Crippen molar-refractivity contribution < 1.29 is 0 Å². The summed E-state index contributed by atoms with van der Waals surface area (Å²) in [6.07, 6.45) is 7.48. The summed E-state index contributed by atoms with van der Waals surface area (Å²) in [5.41, 5.74) is 7.77. The van der Waals surface area contributed by atoms with Crippen molar-refractivity contribution in [1.82, 2.24) is 24.7 Å². The Kier molecular flexibility index (Phi) is 2.75. The summed E-state index contributed by atoms with van der Waals surface area (Å²) in [6.45, 7) is 0. The lowest BCUT2D eigenvalue weighted by Gasteiger charge is -2.16. The molecule has 0 bridgehead atoms. The van der Waals surface area contributed by atoms with Crippen LogP contribution in [0.5, 0.6) is 0 Å². The molecule has 0 unspecified atom stereocenters. The van der Waals surface area contributed by atoms with Gasteiger partial charge in [-0.15, -0.1) is 5.10 Å². The first kappa shape index (κ1) is 11.2. The van der Waals surface area contributed by atoms with Crippen LogP contribution in [0.4, 0.5) is 0 Å². The van der Waals surface area contributed by atoms with Crippen LogP contribution in [0, 0.1) is 0 Å². The molecule has 0 spiro atoms. The van der Waals surface area contributed by atoms with E-state index in [-0.39, 0.29) is 4.99 Å². The van der Waals surface area contributed by atoms with Crippen LogP contribution >= 0.6 is 12.2 Å². The van der Waals surface area contributed by atoms with Crippen molar-refractivity contribution in [2.45, 2.75) is 25.7 Å². The fourth-order valence-electron chi connectivity index (χ4n) is 2.18. The number of thiocarbonyl (C=S) groups is 1. The summed E-state index contributed by atoms with van der Waals surface area (Å²) in [4.78, 5) is 12.9. The van der Waals surface area contributed by atoms with Crippen molar-refractivity contribution in [2.24, 2.45) is 5.73 Å². The van der Waals surface area contributed by atoms with E-state index >= 15 is 0 Å². The van der Waals surface area contributed by atoms with Gasteiger partial charge in [0, 0.05) is 11.3 Å². The van der Waals surface area contributed by atoms with Gasteiger partial charge in [-0.05, 0) is 25.7 Å². The summed E-state index contributed by atoms with van der Waals surface area (Å²) in [5, 5.41) is 4.24. The number of aromatic nitrogens is 5. The first-order chi connectivity index (χ1) is 8.75. The van der Waals surface area contributed by atoms with Crippen LogP contribution in [0.3, 0.4) is 0 Å². The van der Waals surface area contributed by atoms with Gasteiger partial charge in [0.05, 0.1) is 0 Å². The van der Waals surface area contributed by atoms with Gasteiger partial charge in [-0.25, -0.2) is 19.6 Å². The van der Waals surface area contributed by atoms with Crippen molar-refractivity contribution in [1.29, 1.82) is 0 Å². The highest BCUT2D eigenvalue weighted by molar-refractivity contribution is 7.80. The molecule has 0 aliphatic heterocycles. The Labute approximate surface area is 109 Å². The van der Waals surface area contributed by atoms with E-state index in [9.17, 15) is 0 Å². The van der Waals surface area contributed by atoms with E-state index < -0.39 is 0 Å². The average molecular weight is 260 g/mol. The number of nitrogens with zero attached hydrogens (tertiary/aromatic N) is 5. The molecule has 2 aromatic heterocycles. The summed E-state index contributed by atoms with van der Waals surface area (Å²) >= 11 is 4.85. The zero-order chi connectivity index (χ0) is 12.5. The summed E-state index contributed by atoms with van der Waals surface area (Å²) in [5.74, 6) is 1.16. The van der Waals surface area contributed by atoms with Gasteiger partial charge in [0.25, 0.3) is 0 Å². The molecule has 7 heteroatoms. The van der Waals surface area contributed by atoms with Crippen LogP contribution in [-0.2, 0) is 12.8 Å². The molecule has 3 rings (SSSR count). The molecule has 92 valence electrons. The Morgan fingerprint density at radius 3 is 2.83 bits per heavy atom. The van der Waals surface area contributed by atoms with Crippen molar-refractivity contribution in [2.75, 3.05) is 0 Å². The van der Waals surface area contributed by atoms with Gasteiger partial charge < -0.3 is 5.73 Å².